The van der Waals surface area contributed by atoms with Crippen LogP contribution in [-0.4, -0.2) is 23.3 Å². The fourth-order valence-corrected chi connectivity index (χ4v) is 3.37. The number of unbranched alkanes of at least 4 members (excludes halogenated alkanes) is 4. The monoisotopic (exact) mass is 333 g/mol. The van der Waals surface area contributed by atoms with Crippen molar-refractivity contribution in [2.75, 3.05) is 6.54 Å². The van der Waals surface area contributed by atoms with Crippen molar-refractivity contribution in [3.8, 4) is 0 Å². The Bertz CT molecular complexity index is 394. The number of rotatable bonds is 14. The molecule has 24 heavy (non-hydrogen) atoms. The Kier molecular flexibility index (Phi) is 11.0. The number of nitrogens with one attached hydrogen (secondary N) is 1. The van der Waals surface area contributed by atoms with Crippen LogP contribution in [0.4, 0.5) is 0 Å². The van der Waals surface area contributed by atoms with Crippen molar-refractivity contribution in [1.82, 2.24) is 5.32 Å². The molecular formula is C22H39NO. The zero-order chi connectivity index (χ0) is 17.7. The van der Waals surface area contributed by atoms with E-state index in [1.54, 1.807) is 0 Å². The van der Waals surface area contributed by atoms with Gasteiger partial charge in [0, 0.05) is 6.04 Å². The quantitative estimate of drug-likeness (QED) is 0.441. The molecule has 0 amide bonds. The minimum atomic E-state index is -0.468. The largest absolute Gasteiger partial charge is 0.390 e. The molecule has 0 aliphatic heterocycles. The van der Waals surface area contributed by atoms with Gasteiger partial charge in [0.1, 0.15) is 0 Å². The highest BCUT2D eigenvalue weighted by atomic mass is 16.3. The summed E-state index contributed by atoms with van der Waals surface area (Å²) < 4.78 is 0. The lowest BCUT2D eigenvalue weighted by Crippen LogP contribution is -2.36. The van der Waals surface area contributed by atoms with Crippen molar-refractivity contribution in [1.29, 1.82) is 0 Å². The van der Waals surface area contributed by atoms with E-state index < -0.39 is 5.60 Å². The first-order valence-electron chi connectivity index (χ1n) is 10.1. The van der Waals surface area contributed by atoms with Crippen LogP contribution in [0.5, 0.6) is 0 Å². The zero-order valence-corrected chi connectivity index (χ0v) is 16.2. The fraction of sp³-hybridized carbons (Fsp3) is 0.727. The first-order chi connectivity index (χ1) is 11.6. The van der Waals surface area contributed by atoms with Crippen LogP contribution in [0.1, 0.15) is 84.1 Å². The van der Waals surface area contributed by atoms with Gasteiger partial charge in [0.25, 0.3) is 0 Å². The first-order valence-corrected chi connectivity index (χ1v) is 10.1. The van der Waals surface area contributed by atoms with Crippen molar-refractivity contribution in [2.24, 2.45) is 0 Å². The highest BCUT2D eigenvalue weighted by Gasteiger charge is 2.25. The molecule has 1 unspecified atom stereocenters. The minimum absolute atomic E-state index is 0.447. The lowest BCUT2D eigenvalue weighted by molar-refractivity contribution is 0.00958. The molecule has 0 heterocycles. The van der Waals surface area contributed by atoms with Gasteiger partial charge in [0.05, 0.1) is 5.60 Å². The topological polar surface area (TPSA) is 32.3 Å². The molecule has 138 valence electrons. The summed E-state index contributed by atoms with van der Waals surface area (Å²) in [6.45, 7) is 7.59. The fourth-order valence-electron chi connectivity index (χ4n) is 3.37. The molecule has 0 saturated carbocycles. The third-order valence-corrected chi connectivity index (χ3v) is 4.96. The summed E-state index contributed by atoms with van der Waals surface area (Å²) in [5, 5.41) is 14.6. The molecule has 2 nitrogen and oxygen atoms in total. The molecule has 1 atom stereocenters. The van der Waals surface area contributed by atoms with Crippen LogP contribution in [0.3, 0.4) is 0 Å². The number of benzene rings is 1. The molecule has 0 saturated heterocycles. The Morgan fingerprint density at radius 1 is 0.917 bits per heavy atom. The maximum Gasteiger partial charge on any atom is 0.0659 e. The van der Waals surface area contributed by atoms with E-state index >= 15 is 0 Å². The Hall–Kier alpha value is -0.860. The average Bonchev–Trinajstić information content (AvgIpc) is 2.56. The molecule has 0 bridgehead atoms. The molecule has 0 radical (unpaired) electrons. The van der Waals surface area contributed by atoms with E-state index in [0.717, 1.165) is 45.1 Å². The second-order valence-electron chi connectivity index (χ2n) is 7.43. The molecule has 0 aromatic heterocycles. The summed E-state index contributed by atoms with van der Waals surface area (Å²) in [5.41, 5.74) is 0.905. The standard InChI is InChI=1S/C22H39NO/c1-4-6-11-15-22(24,16-12-7-5-2)17-18-23-20(3)19-21-13-9-8-10-14-21/h8-10,13-14,20,23-24H,4-7,11-12,15-19H2,1-3H3. The van der Waals surface area contributed by atoms with Crippen molar-refractivity contribution in [2.45, 2.75) is 96.6 Å². The van der Waals surface area contributed by atoms with Gasteiger partial charge in [-0.2, -0.15) is 0 Å². The lowest BCUT2D eigenvalue weighted by atomic mass is 9.87. The second kappa shape index (κ2) is 12.5. The van der Waals surface area contributed by atoms with Crippen LogP contribution in [0.2, 0.25) is 0 Å². The number of hydrogen-bond donors (Lipinski definition) is 2. The molecule has 2 heteroatoms. The normalized spacial score (nSPS) is 13.2. The molecule has 2 N–H and O–H groups in total. The maximum absolute atomic E-state index is 11.0. The Morgan fingerprint density at radius 2 is 1.50 bits per heavy atom. The van der Waals surface area contributed by atoms with Gasteiger partial charge in [0.15, 0.2) is 0 Å². The molecule has 1 rings (SSSR count). The summed E-state index contributed by atoms with van der Waals surface area (Å²) in [7, 11) is 0. The highest BCUT2D eigenvalue weighted by Crippen LogP contribution is 2.25. The van der Waals surface area contributed by atoms with E-state index in [0.29, 0.717) is 6.04 Å². The van der Waals surface area contributed by atoms with E-state index in [1.807, 2.05) is 0 Å². The van der Waals surface area contributed by atoms with E-state index in [1.165, 1.54) is 31.2 Å². The lowest BCUT2D eigenvalue weighted by Gasteiger charge is -2.29. The Labute approximate surface area is 150 Å². The minimum Gasteiger partial charge on any atom is -0.390 e. The average molecular weight is 334 g/mol. The molecule has 1 aromatic rings. The van der Waals surface area contributed by atoms with E-state index in [2.05, 4.69) is 56.4 Å². The van der Waals surface area contributed by atoms with Crippen molar-refractivity contribution < 1.29 is 5.11 Å². The summed E-state index contributed by atoms with van der Waals surface area (Å²) in [6.07, 6.45) is 11.0. The zero-order valence-electron chi connectivity index (χ0n) is 16.2. The van der Waals surface area contributed by atoms with Gasteiger partial charge in [-0.15, -0.1) is 0 Å². The SMILES string of the molecule is CCCCCC(O)(CCCCC)CCNC(C)Cc1ccccc1. The van der Waals surface area contributed by atoms with Crippen LogP contribution in [0.15, 0.2) is 30.3 Å². The smallest absolute Gasteiger partial charge is 0.0659 e. The van der Waals surface area contributed by atoms with Crippen molar-refractivity contribution in [3.05, 3.63) is 35.9 Å². The molecule has 1 aromatic carbocycles. The number of hydrogen-bond acceptors (Lipinski definition) is 2. The third kappa shape index (κ3) is 9.44. The Morgan fingerprint density at radius 3 is 2.04 bits per heavy atom. The van der Waals surface area contributed by atoms with Crippen LogP contribution < -0.4 is 5.32 Å². The highest BCUT2D eigenvalue weighted by molar-refractivity contribution is 5.15. The summed E-state index contributed by atoms with van der Waals surface area (Å²) in [4.78, 5) is 0. The van der Waals surface area contributed by atoms with Gasteiger partial charge in [-0.1, -0.05) is 82.7 Å². The van der Waals surface area contributed by atoms with Gasteiger partial charge in [-0.05, 0) is 44.7 Å². The predicted molar refractivity (Wildman–Crippen MR) is 105 cm³/mol. The number of aliphatic hydroxyl groups is 1. The third-order valence-electron chi connectivity index (χ3n) is 4.96. The van der Waals surface area contributed by atoms with Crippen LogP contribution in [0, 0.1) is 0 Å². The van der Waals surface area contributed by atoms with E-state index in [-0.39, 0.29) is 0 Å². The van der Waals surface area contributed by atoms with Gasteiger partial charge < -0.3 is 10.4 Å². The summed E-state index contributed by atoms with van der Waals surface area (Å²) in [6, 6.07) is 11.1. The van der Waals surface area contributed by atoms with Crippen molar-refractivity contribution >= 4 is 0 Å². The summed E-state index contributed by atoms with van der Waals surface area (Å²) in [5.74, 6) is 0. The molecule has 0 fully saturated rings. The molecule has 0 spiro atoms. The predicted octanol–water partition coefficient (Wildman–Crippen LogP) is 5.49. The Balaban J connectivity index is 2.36. The van der Waals surface area contributed by atoms with Gasteiger partial charge in [-0.25, -0.2) is 0 Å². The molecule has 0 aliphatic carbocycles. The van der Waals surface area contributed by atoms with Gasteiger partial charge in [-0.3, -0.25) is 0 Å². The first kappa shape index (κ1) is 21.2. The maximum atomic E-state index is 11.0. The summed E-state index contributed by atoms with van der Waals surface area (Å²) >= 11 is 0. The van der Waals surface area contributed by atoms with Crippen LogP contribution in [0.25, 0.3) is 0 Å². The van der Waals surface area contributed by atoms with Crippen molar-refractivity contribution in [3.63, 3.8) is 0 Å². The van der Waals surface area contributed by atoms with E-state index in [4.69, 9.17) is 0 Å². The van der Waals surface area contributed by atoms with Gasteiger partial charge >= 0.3 is 0 Å². The van der Waals surface area contributed by atoms with E-state index in [9.17, 15) is 5.11 Å². The van der Waals surface area contributed by atoms with Gasteiger partial charge in [0.2, 0.25) is 0 Å². The molecular weight excluding hydrogens is 294 g/mol. The second-order valence-corrected chi connectivity index (χ2v) is 7.43. The van der Waals surface area contributed by atoms with Crippen LogP contribution in [-0.2, 0) is 6.42 Å². The van der Waals surface area contributed by atoms with Crippen LogP contribution >= 0.6 is 0 Å². The molecule has 0 aliphatic rings.